The van der Waals surface area contributed by atoms with E-state index >= 15 is 0 Å². The van der Waals surface area contributed by atoms with Crippen LogP contribution in [0.3, 0.4) is 0 Å². The van der Waals surface area contributed by atoms with Crippen LogP contribution < -0.4 is 5.32 Å². The molecule has 1 atom stereocenters. The van der Waals surface area contributed by atoms with Crippen molar-refractivity contribution in [3.63, 3.8) is 0 Å². The molecule has 1 aromatic carbocycles. The summed E-state index contributed by atoms with van der Waals surface area (Å²) in [6.45, 7) is 13.1. The Morgan fingerprint density at radius 2 is 1.83 bits per heavy atom. The molecule has 11 heteroatoms. The van der Waals surface area contributed by atoms with Gasteiger partial charge < -0.3 is 14.8 Å². The Bertz CT molecular complexity index is 1200. The van der Waals surface area contributed by atoms with Crippen LogP contribution in [0.15, 0.2) is 34.9 Å². The van der Waals surface area contributed by atoms with Gasteiger partial charge in [-0.25, -0.2) is 23.2 Å². The number of nitrogens with zero attached hydrogens (tertiary/aromatic N) is 3. The van der Waals surface area contributed by atoms with Crippen LogP contribution in [0.2, 0.25) is 25.7 Å². The zero-order chi connectivity index (χ0) is 26.7. The fraction of sp³-hybridized carbons (Fsp3) is 0.480. The third-order valence-electron chi connectivity index (χ3n) is 5.20. The number of ether oxygens (including phenoxy) is 2. The van der Waals surface area contributed by atoms with Gasteiger partial charge in [-0.3, -0.25) is 0 Å². The molecule has 0 aliphatic heterocycles. The number of hydrogen-bond acceptors (Lipinski definition) is 5. The van der Waals surface area contributed by atoms with E-state index in [1.165, 1.54) is 12.1 Å². The fourth-order valence-electron chi connectivity index (χ4n) is 3.50. The molecule has 0 saturated heterocycles. The highest BCUT2D eigenvalue weighted by Crippen LogP contribution is 2.29. The maximum absolute atomic E-state index is 13.9. The normalized spacial score (nSPS) is 13.1. The number of nitrogens with one attached hydrogen (secondary N) is 1. The number of carbonyl (C=O) groups excluding carboxylic acids is 1. The third-order valence-corrected chi connectivity index (χ3v) is 7.54. The van der Waals surface area contributed by atoms with E-state index in [0.29, 0.717) is 34.6 Å². The lowest BCUT2D eigenvalue weighted by Gasteiger charge is -2.24. The summed E-state index contributed by atoms with van der Waals surface area (Å²) in [4.78, 5) is 17.3. The summed E-state index contributed by atoms with van der Waals surface area (Å²) in [5, 5.41) is 7.19. The lowest BCUT2D eigenvalue weighted by molar-refractivity contribution is 0.0502. The minimum atomic E-state index is -1.20. The lowest BCUT2D eigenvalue weighted by Crippen LogP contribution is -2.36. The largest absolute Gasteiger partial charge is 0.444 e. The van der Waals surface area contributed by atoms with Crippen molar-refractivity contribution in [3.05, 3.63) is 57.8 Å². The highest BCUT2D eigenvalue weighted by Gasteiger charge is 2.25. The topological polar surface area (TPSA) is 78.3 Å². The van der Waals surface area contributed by atoms with Gasteiger partial charge in [0.2, 0.25) is 0 Å². The van der Waals surface area contributed by atoms with Crippen molar-refractivity contribution in [2.75, 3.05) is 6.61 Å². The van der Waals surface area contributed by atoms with Crippen molar-refractivity contribution in [3.8, 4) is 0 Å². The Labute approximate surface area is 219 Å². The van der Waals surface area contributed by atoms with Crippen LogP contribution in [0.1, 0.15) is 38.1 Å². The van der Waals surface area contributed by atoms with E-state index in [1.54, 1.807) is 31.6 Å². The zero-order valence-corrected chi connectivity index (χ0v) is 24.1. The summed E-state index contributed by atoms with van der Waals surface area (Å²) in [5.41, 5.74) is 1.49. The van der Waals surface area contributed by atoms with E-state index in [0.717, 1.165) is 17.6 Å². The minimum Gasteiger partial charge on any atom is -0.444 e. The van der Waals surface area contributed by atoms with Crippen LogP contribution in [0.4, 0.5) is 13.6 Å². The Kier molecular flexibility index (Phi) is 8.89. The highest BCUT2D eigenvalue weighted by atomic mass is 79.9. The first kappa shape index (κ1) is 28.2. The van der Waals surface area contributed by atoms with Crippen LogP contribution >= 0.6 is 15.9 Å². The maximum atomic E-state index is 13.9. The van der Waals surface area contributed by atoms with Crippen LogP contribution in [-0.4, -0.2) is 41.1 Å². The second-order valence-corrected chi connectivity index (χ2v) is 17.4. The van der Waals surface area contributed by atoms with Gasteiger partial charge in [-0.15, -0.1) is 0 Å². The molecule has 1 N–H and O–H groups in total. The van der Waals surface area contributed by atoms with Crippen LogP contribution in [0.5, 0.6) is 0 Å². The first-order valence-corrected chi connectivity index (χ1v) is 16.2. The minimum absolute atomic E-state index is 0.0962. The molecule has 1 amide bonds. The summed E-state index contributed by atoms with van der Waals surface area (Å²) in [5.74, 6) is -1.39. The van der Waals surface area contributed by atoms with Crippen LogP contribution in [0.25, 0.3) is 11.0 Å². The van der Waals surface area contributed by atoms with Crippen LogP contribution in [0, 0.1) is 11.6 Å². The Morgan fingerprint density at radius 3 is 2.44 bits per heavy atom. The summed E-state index contributed by atoms with van der Waals surface area (Å²) in [6, 6.07) is 5.44. The van der Waals surface area contributed by atoms with E-state index < -0.39 is 37.4 Å². The molecule has 7 nitrogen and oxygen atoms in total. The smallest absolute Gasteiger partial charge is 0.408 e. The van der Waals surface area contributed by atoms with Crippen molar-refractivity contribution in [1.29, 1.82) is 0 Å². The number of alkyl carbamates (subject to hydrolysis) is 1. The number of aromatic nitrogens is 3. The average molecular weight is 584 g/mol. The van der Waals surface area contributed by atoms with Gasteiger partial charge in [-0.2, -0.15) is 5.10 Å². The molecule has 0 bridgehead atoms. The number of carbonyl (C=O) groups is 1. The molecule has 0 aliphatic rings. The van der Waals surface area contributed by atoms with Gasteiger partial charge in [-0.05, 0) is 72.9 Å². The molecule has 0 aliphatic carbocycles. The quantitative estimate of drug-likeness (QED) is 0.227. The molecule has 196 valence electrons. The Hall–Kier alpha value is -2.37. The lowest BCUT2D eigenvalue weighted by atomic mass is 10.0. The number of amides is 1. The molecule has 3 rings (SSSR count). The number of hydrogen-bond donors (Lipinski definition) is 1. The number of rotatable bonds is 9. The predicted octanol–water partition coefficient (Wildman–Crippen LogP) is 6.59. The zero-order valence-electron chi connectivity index (χ0n) is 21.5. The molecular weight excluding hydrogens is 550 g/mol. The molecule has 3 aromatic rings. The first-order chi connectivity index (χ1) is 16.7. The van der Waals surface area contributed by atoms with E-state index in [9.17, 15) is 13.6 Å². The van der Waals surface area contributed by atoms with Gasteiger partial charge in [0.25, 0.3) is 0 Å². The Morgan fingerprint density at radius 1 is 1.17 bits per heavy atom. The number of halogens is 3. The first-order valence-electron chi connectivity index (χ1n) is 11.7. The molecule has 0 fully saturated rings. The van der Waals surface area contributed by atoms with E-state index in [4.69, 9.17) is 14.5 Å². The molecule has 36 heavy (non-hydrogen) atoms. The molecule has 2 heterocycles. The van der Waals surface area contributed by atoms with Crippen molar-refractivity contribution in [2.24, 2.45) is 0 Å². The second kappa shape index (κ2) is 11.3. The third kappa shape index (κ3) is 8.34. The van der Waals surface area contributed by atoms with E-state index in [-0.39, 0.29) is 6.42 Å². The van der Waals surface area contributed by atoms with Gasteiger partial charge in [0.05, 0.1) is 23.4 Å². The Balaban J connectivity index is 1.88. The molecule has 2 aromatic heterocycles. The van der Waals surface area contributed by atoms with Gasteiger partial charge >= 0.3 is 6.09 Å². The molecule has 0 saturated carbocycles. The number of benzene rings is 1. The predicted molar refractivity (Wildman–Crippen MR) is 142 cm³/mol. The standard InChI is InChI=1S/C25H33BrF2N4O3Si/c1-25(2,3)35-24(33)31-20(11-16-9-17(27)12-18(28)10-16)23-19(26)13-22-21(30-23)14-29-32(22)15-34-7-8-36(4,5)6/h9-10,12-14,20H,7-8,11,15H2,1-6H3,(H,31,33). The van der Waals surface area contributed by atoms with Crippen molar-refractivity contribution >= 4 is 41.1 Å². The molecule has 1 unspecified atom stereocenters. The molecule has 0 spiro atoms. The maximum Gasteiger partial charge on any atom is 0.408 e. The van der Waals surface area contributed by atoms with Gasteiger partial charge in [0, 0.05) is 25.2 Å². The van der Waals surface area contributed by atoms with E-state index in [1.807, 2.05) is 6.07 Å². The summed E-state index contributed by atoms with van der Waals surface area (Å²) >= 11 is 3.56. The monoisotopic (exact) mass is 582 g/mol. The fourth-order valence-corrected chi connectivity index (χ4v) is 4.84. The SMILES string of the molecule is CC(C)(C)OC(=O)NC(Cc1cc(F)cc(F)c1)c1nc2cnn(COCC[Si](C)(C)C)c2cc1Br. The van der Waals surface area contributed by atoms with Gasteiger partial charge in [0.15, 0.2) is 0 Å². The van der Waals surface area contributed by atoms with Crippen molar-refractivity contribution < 1.29 is 23.0 Å². The summed E-state index contributed by atoms with van der Waals surface area (Å²) in [6.07, 6.45) is 1.06. The van der Waals surface area contributed by atoms with E-state index in [2.05, 4.69) is 46.0 Å². The van der Waals surface area contributed by atoms with Crippen molar-refractivity contribution in [1.82, 2.24) is 20.1 Å². The summed E-state index contributed by atoms with van der Waals surface area (Å²) < 4.78 is 41.3. The van der Waals surface area contributed by atoms with Gasteiger partial charge in [-0.1, -0.05) is 19.6 Å². The number of pyridine rings is 1. The molecular formula is C25H33BrF2N4O3Si. The second-order valence-electron chi connectivity index (χ2n) is 10.9. The average Bonchev–Trinajstić information content (AvgIpc) is 3.09. The van der Waals surface area contributed by atoms with Crippen LogP contribution in [-0.2, 0) is 22.6 Å². The molecule has 0 radical (unpaired) electrons. The van der Waals surface area contributed by atoms with Gasteiger partial charge in [0.1, 0.15) is 29.5 Å². The number of fused-ring (bicyclic) bond motifs is 1. The van der Waals surface area contributed by atoms with Crippen molar-refractivity contribution in [2.45, 2.75) is 71.3 Å². The summed E-state index contributed by atoms with van der Waals surface area (Å²) in [7, 11) is -1.20. The highest BCUT2D eigenvalue weighted by molar-refractivity contribution is 9.10.